The van der Waals surface area contributed by atoms with Crippen molar-refractivity contribution >= 4 is 17.7 Å². The summed E-state index contributed by atoms with van der Waals surface area (Å²) in [7, 11) is 0. The molecular formula is C15H26N4O3. The van der Waals surface area contributed by atoms with Crippen molar-refractivity contribution in [1.29, 1.82) is 0 Å². The van der Waals surface area contributed by atoms with Crippen LogP contribution in [0.15, 0.2) is 0 Å². The molecule has 0 spiro atoms. The van der Waals surface area contributed by atoms with Crippen LogP contribution in [0, 0.1) is 5.92 Å². The van der Waals surface area contributed by atoms with Gasteiger partial charge in [-0.1, -0.05) is 0 Å². The number of carbonyl (C=O) groups excluding carboxylic acids is 3. The third-order valence-electron chi connectivity index (χ3n) is 4.57. The number of hydrogen-bond donors (Lipinski definition) is 1. The summed E-state index contributed by atoms with van der Waals surface area (Å²) in [4.78, 5) is 40.8. The third-order valence-corrected chi connectivity index (χ3v) is 4.57. The first-order valence-electron chi connectivity index (χ1n) is 8.02. The molecule has 2 aliphatic rings. The minimum Gasteiger partial charge on any atom is -0.369 e. The normalized spacial score (nSPS) is 24.0. The molecule has 0 bridgehead atoms. The number of carbonyl (C=O) groups is 3. The summed E-state index contributed by atoms with van der Waals surface area (Å²) in [6.45, 7) is 6.06. The monoisotopic (exact) mass is 310 g/mol. The van der Waals surface area contributed by atoms with Crippen molar-refractivity contribution in [3.63, 3.8) is 0 Å². The molecule has 1 atom stereocenters. The van der Waals surface area contributed by atoms with Crippen molar-refractivity contribution in [3.8, 4) is 0 Å². The standard InChI is InChI=1S/C15H26N4O3/c1-12(20)18-7-3-5-17(8-9-18)11-14(21)19-6-2-4-13(10-19)15(16)22/h13H,2-11H2,1H3,(H2,16,22). The smallest absolute Gasteiger partial charge is 0.236 e. The van der Waals surface area contributed by atoms with Gasteiger partial charge in [-0.05, 0) is 19.3 Å². The molecule has 2 N–H and O–H groups in total. The Morgan fingerprint density at radius 3 is 2.41 bits per heavy atom. The summed E-state index contributed by atoms with van der Waals surface area (Å²) in [5, 5.41) is 0. The van der Waals surface area contributed by atoms with E-state index in [1.807, 2.05) is 4.90 Å². The first-order chi connectivity index (χ1) is 10.5. The van der Waals surface area contributed by atoms with Gasteiger partial charge in [0.15, 0.2) is 0 Å². The zero-order valence-electron chi connectivity index (χ0n) is 13.3. The van der Waals surface area contributed by atoms with Crippen LogP contribution in [0.4, 0.5) is 0 Å². The van der Waals surface area contributed by atoms with Gasteiger partial charge in [0.25, 0.3) is 0 Å². The molecule has 2 fully saturated rings. The van der Waals surface area contributed by atoms with Gasteiger partial charge in [0, 0.05) is 46.2 Å². The quantitative estimate of drug-likeness (QED) is 0.744. The van der Waals surface area contributed by atoms with Gasteiger partial charge in [0.1, 0.15) is 0 Å². The number of piperidine rings is 1. The minimum atomic E-state index is -0.315. The Bertz CT molecular complexity index is 441. The van der Waals surface area contributed by atoms with Gasteiger partial charge < -0.3 is 15.5 Å². The molecule has 1 unspecified atom stereocenters. The van der Waals surface area contributed by atoms with Crippen LogP contribution in [-0.4, -0.2) is 78.2 Å². The van der Waals surface area contributed by atoms with Crippen LogP contribution in [0.3, 0.4) is 0 Å². The summed E-state index contributed by atoms with van der Waals surface area (Å²) in [5.74, 6) is -0.379. The zero-order valence-corrected chi connectivity index (χ0v) is 13.3. The van der Waals surface area contributed by atoms with Crippen molar-refractivity contribution in [1.82, 2.24) is 14.7 Å². The Morgan fingerprint density at radius 1 is 1.00 bits per heavy atom. The lowest BCUT2D eigenvalue weighted by Crippen LogP contribution is -2.48. The molecule has 3 amide bonds. The predicted molar refractivity (Wildman–Crippen MR) is 81.8 cm³/mol. The molecule has 22 heavy (non-hydrogen) atoms. The molecule has 0 aromatic rings. The zero-order chi connectivity index (χ0) is 16.1. The lowest BCUT2D eigenvalue weighted by Gasteiger charge is -2.33. The Labute approximate surface area is 131 Å². The second kappa shape index (κ2) is 7.58. The summed E-state index contributed by atoms with van der Waals surface area (Å²) >= 11 is 0. The summed E-state index contributed by atoms with van der Waals surface area (Å²) in [6, 6.07) is 0. The summed E-state index contributed by atoms with van der Waals surface area (Å²) in [5.41, 5.74) is 5.35. The average molecular weight is 310 g/mol. The number of hydrogen-bond acceptors (Lipinski definition) is 4. The molecule has 7 heteroatoms. The van der Waals surface area contributed by atoms with E-state index in [0.29, 0.717) is 26.2 Å². The van der Waals surface area contributed by atoms with Crippen LogP contribution in [-0.2, 0) is 14.4 Å². The highest BCUT2D eigenvalue weighted by molar-refractivity contribution is 5.81. The van der Waals surface area contributed by atoms with Crippen molar-refractivity contribution in [3.05, 3.63) is 0 Å². The largest absolute Gasteiger partial charge is 0.369 e. The van der Waals surface area contributed by atoms with Gasteiger partial charge in [-0.25, -0.2) is 0 Å². The molecule has 0 aromatic carbocycles. The van der Waals surface area contributed by atoms with Crippen molar-refractivity contribution in [2.24, 2.45) is 11.7 Å². The second-order valence-electron chi connectivity index (χ2n) is 6.22. The van der Waals surface area contributed by atoms with Gasteiger partial charge >= 0.3 is 0 Å². The summed E-state index contributed by atoms with van der Waals surface area (Å²) in [6.07, 6.45) is 2.49. The highest BCUT2D eigenvalue weighted by Crippen LogP contribution is 2.16. The third kappa shape index (κ3) is 4.43. The lowest BCUT2D eigenvalue weighted by molar-refractivity contribution is -0.136. The Hall–Kier alpha value is -1.63. The molecular weight excluding hydrogens is 284 g/mol. The highest BCUT2D eigenvalue weighted by Gasteiger charge is 2.28. The van der Waals surface area contributed by atoms with Gasteiger partial charge in [-0.2, -0.15) is 0 Å². The highest BCUT2D eigenvalue weighted by atomic mass is 16.2. The minimum absolute atomic E-state index is 0.0576. The molecule has 2 saturated heterocycles. The van der Waals surface area contributed by atoms with Crippen LogP contribution in [0.25, 0.3) is 0 Å². The van der Waals surface area contributed by atoms with Crippen LogP contribution in [0.2, 0.25) is 0 Å². The van der Waals surface area contributed by atoms with Crippen molar-refractivity contribution in [2.45, 2.75) is 26.2 Å². The van der Waals surface area contributed by atoms with E-state index in [1.54, 1.807) is 11.8 Å². The van der Waals surface area contributed by atoms with Gasteiger partial charge in [0.05, 0.1) is 12.5 Å². The van der Waals surface area contributed by atoms with E-state index in [0.717, 1.165) is 38.9 Å². The van der Waals surface area contributed by atoms with Gasteiger partial charge in [-0.15, -0.1) is 0 Å². The van der Waals surface area contributed by atoms with Gasteiger partial charge in [0.2, 0.25) is 17.7 Å². The first kappa shape index (κ1) is 16.7. The number of nitrogens with zero attached hydrogens (tertiary/aromatic N) is 3. The molecule has 7 nitrogen and oxygen atoms in total. The van der Waals surface area contributed by atoms with Crippen LogP contribution in [0.1, 0.15) is 26.2 Å². The van der Waals surface area contributed by atoms with Crippen LogP contribution >= 0.6 is 0 Å². The maximum Gasteiger partial charge on any atom is 0.236 e. The maximum absolute atomic E-state index is 12.4. The molecule has 0 aliphatic carbocycles. The first-order valence-corrected chi connectivity index (χ1v) is 8.02. The average Bonchev–Trinajstić information content (AvgIpc) is 2.73. The van der Waals surface area contributed by atoms with Crippen molar-refractivity contribution < 1.29 is 14.4 Å². The molecule has 0 radical (unpaired) electrons. The van der Waals surface area contributed by atoms with Crippen LogP contribution < -0.4 is 5.73 Å². The number of nitrogens with two attached hydrogens (primary N) is 1. The lowest BCUT2D eigenvalue weighted by atomic mass is 9.97. The maximum atomic E-state index is 12.4. The van der Waals surface area contributed by atoms with E-state index in [9.17, 15) is 14.4 Å². The molecule has 2 aliphatic heterocycles. The number of primary amides is 1. The molecule has 0 aromatic heterocycles. The topological polar surface area (TPSA) is 87.0 Å². The van der Waals surface area contributed by atoms with E-state index < -0.39 is 0 Å². The molecule has 124 valence electrons. The van der Waals surface area contributed by atoms with Crippen LogP contribution in [0.5, 0.6) is 0 Å². The Balaban J connectivity index is 1.83. The Morgan fingerprint density at radius 2 is 1.73 bits per heavy atom. The van der Waals surface area contributed by atoms with E-state index in [1.165, 1.54) is 0 Å². The summed E-state index contributed by atoms with van der Waals surface area (Å²) < 4.78 is 0. The fourth-order valence-corrected chi connectivity index (χ4v) is 3.17. The predicted octanol–water partition coefficient (Wildman–Crippen LogP) is -0.735. The fraction of sp³-hybridized carbons (Fsp3) is 0.800. The van der Waals surface area contributed by atoms with E-state index in [-0.39, 0.29) is 23.6 Å². The number of likely N-dealkylation sites (tertiary alicyclic amines) is 1. The molecule has 2 heterocycles. The van der Waals surface area contributed by atoms with Crippen molar-refractivity contribution in [2.75, 3.05) is 45.8 Å². The number of rotatable bonds is 3. The van der Waals surface area contributed by atoms with E-state index in [4.69, 9.17) is 5.73 Å². The fourth-order valence-electron chi connectivity index (χ4n) is 3.17. The molecule has 2 rings (SSSR count). The van der Waals surface area contributed by atoms with E-state index in [2.05, 4.69) is 4.90 Å². The SMILES string of the molecule is CC(=O)N1CCCN(CC(=O)N2CCCC(C(N)=O)C2)CC1. The van der Waals surface area contributed by atoms with E-state index >= 15 is 0 Å². The second-order valence-corrected chi connectivity index (χ2v) is 6.22. The number of amides is 3. The van der Waals surface area contributed by atoms with Gasteiger partial charge in [-0.3, -0.25) is 19.3 Å². The molecule has 0 saturated carbocycles. The Kier molecular flexibility index (Phi) is 5.76.